The summed E-state index contributed by atoms with van der Waals surface area (Å²) in [5, 5.41) is 10.6. The van der Waals surface area contributed by atoms with Gasteiger partial charge in [0.25, 0.3) is 0 Å². The number of benzene rings is 2. The monoisotopic (exact) mass is 449 g/mol. The number of hydrogen-bond donors (Lipinski definition) is 1. The van der Waals surface area contributed by atoms with E-state index in [4.69, 9.17) is 14.2 Å². The fraction of sp³-hybridized carbons (Fsp3) is 0.478. The third-order valence-electron chi connectivity index (χ3n) is 5.47. The zero-order chi connectivity index (χ0) is 22.4. The molecule has 1 heterocycles. The molecule has 3 rings (SSSR count). The van der Waals surface area contributed by atoms with Crippen LogP contribution in [0.25, 0.3) is 0 Å². The quantitative estimate of drug-likeness (QED) is 0.596. The second kappa shape index (κ2) is 10.3. The molecule has 1 fully saturated rings. The lowest BCUT2D eigenvalue weighted by atomic mass is 10.1. The summed E-state index contributed by atoms with van der Waals surface area (Å²) in [6.07, 6.45) is -0.203. The van der Waals surface area contributed by atoms with E-state index in [1.165, 1.54) is 0 Å². The van der Waals surface area contributed by atoms with Crippen molar-refractivity contribution in [3.63, 3.8) is 0 Å². The van der Waals surface area contributed by atoms with Crippen molar-refractivity contribution in [3.05, 3.63) is 53.6 Å². The molecule has 1 saturated heterocycles. The maximum Gasteiger partial charge on any atom is 0.161 e. The van der Waals surface area contributed by atoms with E-state index in [0.717, 1.165) is 11.1 Å². The van der Waals surface area contributed by atoms with Gasteiger partial charge >= 0.3 is 0 Å². The molecule has 1 aliphatic heterocycles. The number of aliphatic hydroxyl groups is 1. The average Bonchev–Trinajstić information content (AvgIpc) is 3.12. The Labute approximate surface area is 184 Å². The van der Waals surface area contributed by atoms with E-state index in [-0.39, 0.29) is 24.2 Å². The Balaban J connectivity index is 1.69. The molecule has 0 saturated carbocycles. The van der Waals surface area contributed by atoms with Crippen molar-refractivity contribution in [3.8, 4) is 17.2 Å². The molecular formula is C23H31NO6S. The summed E-state index contributed by atoms with van der Waals surface area (Å²) in [6.45, 7) is 2.92. The van der Waals surface area contributed by atoms with Crippen LogP contribution >= 0.6 is 0 Å². The third kappa shape index (κ3) is 6.59. The van der Waals surface area contributed by atoms with E-state index in [2.05, 4.69) is 0 Å². The molecular weight excluding hydrogens is 418 g/mol. The molecule has 2 aromatic carbocycles. The molecule has 0 bridgehead atoms. The van der Waals surface area contributed by atoms with Gasteiger partial charge in [-0.05, 0) is 43.2 Å². The van der Waals surface area contributed by atoms with Gasteiger partial charge in [0, 0.05) is 19.1 Å². The number of hydrogen-bond acceptors (Lipinski definition) is 7. The maximum absolute atomic E-state index is 12.1. The van der Waals surface area contributed by atoms with Gasteiger partial charge < -0.3 is 19.3 Å². The lowest BCUT2D eigenvalue weighted by Crippen LogP contribution is -2.42. The lowest BCUT2D eigenvalue weighted by molar-refractivity contribution is 0.0524. The molecule has 0 aromatic heterocycles. The normalized spacial score (nSPS) is 18.7. The molecule has 0 spiro atoms. The van der Waals surface area contributed by atoms with Crippen LogP contribution in [0.15, 0.2) is 42.5 Å². The minimum absolute atomic E-state index is 0.103. The van der Waals surface area contributed by atoms with Crippen molar-refractivity contribution in [2.24, 2.45) is 0 Å². The Morgan fingerprint density at radius 3 is 2.42 bits per heavy atom. The molecule has 8 heteroatoms. The third-order valence-corrected chi connectivity index (χ3v) is 7.22. The molecule has 31 heavy (non-hydrogen) atoms. The fourth-order valence-electron chi connectivity index (χ4n) is 3.77. The minimum Gasteiger partial charge on any atom is -0.493 e. The van der Waals surface area contributed by atoms with E-state index >= 15 is 0 Å². The zero-order valence-corrected chi connectivity index (χ0v) is 19.1. The van der Waals surface area contributed by atoms with Crippen LogP contribution in [0.1, 0.15) is 17.5 Å². The predicted molar refractivity (Wildman–Crippen MR) is 120 cm³/mol. The Morgan fingerprint density at radius 2 is 1.81 bits per heavy atom. The number of sulfone groups is 1. The van der Waals surface area contributed by atoms with Gasteiger partial charge in [-0.25, -0.2) is 8.42 Å². The first-order valence-corrected chi connectivity index (χ1v) is 12.1. The van der Waals surface area contributed by atoms with Crippen LogP contribution in [0.3, 0.4) is 0 Å². The number of nitrogens with zero attached hydrogens (tertiary/aromatic N) is 1. The minimum atomic E-state index is -3.05. The number of rotatable bonds is 10. The van der Waals surface area contributed by atoms with Crippen LogP contribution in [0.5, 0.6) is 17.2 Å². The highest BCUT2D eigenvalue weighted by molar-refractivity contribution is 7.91. The molecule has 7 nitrogen and oxygen atoms in total. The first-order chi connectivity index (χ1) is 14.8. The highest BCUT2D eigenvalue weighted by Gasteiger charge is 2.33. The Morgan fingerprint density at radius 1 is 1.10 bits per heavy atom. The van der Waals surface area contributed by atoms with Crippen LogP contribution in [0, 0.1) is 6.92 Å². The summed E-state index contributed by atoms with van der Waals surface area (Å²) in [5.74, 6) is 2.22. The number of aryl methyl sites for hydroxylation is 1. The molecule has 0 amide bonds. The number of methoxy groups -OCH3 is 2. The molecule has 2 aromatic rings. The number of aliphatic hydroxyl groups excluding tert-OH is 1. The summed E-state index contributed by atoms with van der Waals surface area (Å²) in [5.41, 5.74) is 2.09. The first kappa shape index (κ1) is 23.4. The van der Waals surface area contributed by atoms with Gasteiger partial charge in [-0.3, -0.25) is 4.90 Å². The van der Waals surface area contributed by atoms with Crippen molar-refractivity contribution in [1.82, 2.24) is 4.90 Å². The van der Waals surface area contributed by atoms with Crippen molar-refractivity contribution in [1.29, 1.82) is 0 Å². The van der Waals surface area contributed by atoms with Crippen molar-refractivity contribution in [2.75, 3.05) is 38.9 Å². The second-order valence-corrected chi connectivity index (χ2v) is 10.2. The molecule has 1 aliphatic rings. The number of ether oxygens (including phenoxy) is 3. The zero-order valence-electron chi connectivity index (χ0n) is 18.3. The van der Waals surface area contributed by atoms with Gasteiger partial charge in [-0.15, -0.1) is 0 Å². The second-order valence-electron chi connectivity index (χ2n) is 7.95. The maximum atomic E-state index is 12.1. The van der Waals surface area contributed by atoms with E-state index in [1.54, 1.807) is 14.2 Å². The first-order valence-electron chi connectivity index (χ1n) is 10.3. The van der Waals surface area contributed by atoms with Crippen molar-refractivity contribution < 1.29 is 27.7 Å². The van der Waals surface area contributed by atoms with Gasteiger partial charge in [-0.1, -0.05) is 23.8 Å². The SMILES string of the molecule is COc1ccc(CN(CC(O)COc2ccc(C)cc2)C2CCS(=O)(=O)C2)cc1OC. The molecule has 0 radical (unpaired) electrons. The standard InChI is InChI=1S/C23H31NO6S/c1-17-4-7-21(8-5-17)30-15-20(25)14-24(19-10-11-31(26,27)16-19)13-18-6-9-22(28-2)23(12-18)29-3/h4-9,12,19-20,25H,10-11,13-16H2,1-3H3. The average molecular weight is 450 g/mol. The van der Waals surface area contributed by atoms with Crippen LogP contribution in [0.4, 0.5) is 0 Å². The van der Waals surface area contributed by atoms with Crippen LogP contribution in [0.2, 0.25) is 0 Å². The van der Waals surface area contributed by atoms with E-state index in [0.29, 0.717) is 36.8 Å². The molecule has 1 N–H and O–H groups in total. The van der Waals surface area contributed by atoms with Crippen LogP contribution in [-0.2, 0) is 16.4 Å². The van der Waals surface area contributed by atoms with E-state index in [9.17, 15) is 13.5 Å². The molecule has 0 aliphatic carbocycles. The summed E-state index contributed by atoms with van der Waals surface area (Å²) in [6, 6.07) is 13.1. The van der Waals surface area contributed by atoms with Gasteiger partial charge in [0.1, 0.15) is 18.5 Å². The fourth-order valence-corrected chi connectivity index (χ4v) is 5.53. The lowest BCUT2D eigenvalue weighted by Gasteiger charge is -2.30. The highest BCUT2D eigenvalue weighted by Crippen LogP contribution is 2.29. The Bertz CT molecular complexity index is 961. The molecule has 2 unspecified atom stereocenters. The predicted octanol–water partition coefficient (Wildman–Crippen LogP) is 2.44. The summed E-state index contributed by atoms with van der Waals surface area (Å²) >= 11 is 0. The summed E-state index contributed by atoms with van der Waals surface area (Å²) in [4.78, 5) is 2.02. The summed E-state index contributed by atoms with van der Waals surface area (Å²) in [7, 11) is 0.109. The smallest absolute Gasteiger partial charge is 0.161 e. The van der Waals surface area contributed by atoms with Gasteiger partial charge in [0.15, 0.2) is 21.3 Å². The Kier molecular flexibility index (Phi) is 7.80. The van der Waals surface area contributed by atoms with Gasteiger partial charge in [0.05, 0.1) is 25.7 Å². The van der Waals surface area contributed by atoms with E-state index in [1.807, 2.05) is 54.3 Å². The molecule has 2 atom stereocenters. The van der Waals surface area contributed by atoms with Crippen LogP contribution < -0.4 is 14.2 Å². The summed E-state index contributed by atoms with van der Waals surface area (Å²) < 4.78 is 40.5. The van der Waals surface area contributed by atoms with Crippen molar-refractivity contribution in [2.45, 2.75) is 32.0 Å². The van der Waals surface area contributed by atoms with Crippen molar-refractivity contribution >= 4 is 9.84 Å². The molecule has 170 valence electrons. The van der Waals surface area contributed by atoms with Crippen LogP contribution in [-0.4, -0.2) is 69.4 Å². The highest BCUT2D eigenvalue weighted by atomic mass is 32.2. The van der Waals surface area contributed by atoms with Gasteiger partial charge in [0.2, 0.25) is 0 Å². The largest absolute Gasteiger partial charge is 0.493 e. The van der Waals surface area contributed by atoms with Gasteiger partial charge in [-0.2, -0.15) is 0 Å². The Hall–Kier alpha value is -2.29. The van der Waals surface area contributed by atoms with E-state index < -0.39 is 15.9 Å². The topological polar surface area (TPSA) is 85.3 Å².